The molecule has 2 aromatic carbocycles. The Bertz CT molecular complexity index is 938. The smallest absolute Gasteiger partial charge is 0.159 e. The molecule has 1 aliphatic carbocycles. The molecule has 0 amide bonds. The van der Waals surface area contributed by atoms with Crippen LogP contribution in [0.3, 0.4) is 0 Å². The summed E-state index contributed by atoms with van der Waals surface area (Å²) in [5, 5.41) is 12.4. The number of hydrogen-bond donors (Lipinski definition) is 0. The zero-order valence-electron chi connectivity index (χ0n) is 14.7. The monoisotopic (exact) mass is 363 g/mol. The lowest BCUT2D eigenvalue weighted by Gasteiger charge is -2.36. The van der Waals surface area contributed by atoms with Gasteiger partial charge in [0.2, 0.25) is 0 Å². The second-order valence-electron chi connectivity index (χ2n) is 7.61. The Labute approximate surface area is 159 Å². The summed E-state index contributed by atoms with van der Waals surface area (Å²) in [7, 11) is 0. The lowest BCUT2D eigenvalue weighted by Crippen LogP contribution is -2.39. The molecule has 3 aromatic rings. The van der Waals surface area contributed by atoms with Crippen molar-refractivity contribution < 1.29 is 0 Å². The maximum absolute atomic E-state index is 6.05. The number of nitrogens with zero attached hydrogens (tertiary/aromatic N) is 3. The minimum atomic E-state index is 0.738. The van der Waals surface area contributed by atoms with Crippen molar-refractivity contribution >= 4 is 28.2 Å². The van der Waals surface area contributed by atoms with Gasteiger partial charge in [0.15, 0.2) is 5.82 Å². The van der Waals surface area contributed by atoms with Crippen LogP contribution in [0.15, 0.2) is 48.5 Å². The summed E-state index contributed by atoms with van der Waals surface area (Å²) in [6, 6.07) is 16.4. The fraction of sp³-hybridized carbons (Fsp3) is 0.364. The van der Waals surface area contributed by atoms with E-state index < -0.39 is 0 Å². The fourth-order valence-electron chi connectivity index (χ4n) is 4.77. The van der Waals surface area contributed by atoms with E-state index in [2.05, 4.69) is 39.4 Å². The van der Waals surface area contributed by atoms with Gasteiger partial charge in [-0.3, -0.25) is 0 Å². The highest BCUT2D eigenvalue weighted by Gasteiger charge is 2.33. The third-order valence-electron chi connectivity index (χ3n) is 6.13. The largest absolute Gasteiger partial charge is 0.354 e. The summed E-state index contributed by atoms with van der Waals surface area (Å²) < 4.78 is 0. The Morgan fingerprint density at radius 2 is 1.62 bits per heavy atom. The van der Waals surface area contributed by atoms with Crippen molar-refractivity contribution in [3.63, 3.8) is 0 Å². The summed E-state index contributed by atoms with van der Waals surface area (Å²) in [5.41, 5.74) is 1.98. The summed E-state index contributed by atoms with van der Waals surface area (Å²) in [6.45, 7) is 2.23. The minimum absolute atomic E-state index is 0.738. The molecule has 5 rings (SSSR count). The Morgan fingerprint density at radius 3 is 2.46 bits per heavy atom. The standard InChI is InChI=1S/C22H22ClN3/c23-18-10-8-16(9-11-18)21-19-6-1-2-7-20(19)22(25-24-21)26-13-12-15-4-3-5-17(15)14-26/h1-2,6-11,15,17H,3-5,12-14H2. The molecule has 1 saturated heterocycles. The summed E-state index contributed by atoms with van der Waals surface area (Å²) in [6.07, 6.45) is 5.47. The van der Waals surface area contributed by atoms with E-state index in [0.717, 1.165) is 52.4 Å². The Kier molecular flexibility index (Phi) is 4.05. The highest BCUT2D eigenvalue weighted by atomic mass is 35.5. The zero-order chi connectivity index (χ0) is 17.5. The number of piperidine rings is 1. The molecule has 2 fully saturated rings. The summed E-state index contributed by atoms with van der Waals surface area (Å²) in [4.78, 5) is 2.47. The van der Waals surface area contributed by atoms with Crippen molar-refractivity contribution in [2.45, 2.75) is 25.7 Å². The molecule has 132 valence electrons. The second kappa shape index (κ2) is 6.55. The van der Waals surface area contributed by atoms with Gasteiger partial charge in [0, 0.05) is 34.4 Å². The van der Waals surface area contributed by atoms with Gasteiger partial charge in [0.25, 0.3) is 0 Å². The molecule has 0 bridgehead atoms. The normalized spacial score (nSPS) is 22.6. The molecule has 2 atom stereocenters. The SMILES string of the molecule is Clc1ccc(-c2nnc(N3CCC4CCCC4C3)c3ccccc23)cc1. The predicted molar refractivity (Wildman–Crippen MR) is 108 cm³/mol. The van der Waals surface area contributed by atoms with Crippen molar-refractivity contribution in [1.29, 1.82) is 0 Å². The van der Waals surface area contributed by atoms with Crippen molar-refractivity contribution in [3.05, 3.63) is 53.6 Å². The molecule has 1 saturated carbocycles. The molecule has 0 radical (unpaired) electrons. The van der Waals surface area contributed by atoms with Crippen LogP contribution < -0.4 is 4.90 Å². The van der Waals surface area contributed by atoms with E-state index in [1.165, 1.54) is 31.1 Å². The molecule has 1 aliphatic heterocycles. The molecular formula is C22H22ClN3. The highest BCUT2D eigenvalue weighted by Crippen LogP contribution is 2.40. The quantitative estimate of drug-likeness (QED) is 0.595. The topological polar surface area (TPSA) is 29.0 Å². The van der Waals surface area contributed by atoms with Gasteiger partial charge in [-0.2, -0.15) is 0 Å². The lowest BCUT2D eigenvalue weighted by molar-refractivity contribution is 0.323. The molecule has 2 aliphatic rings. The number of aromatic nitrogens is 2. The van der Waals surface area contributed by atoms with Gasteiger partial charge in [-0.1, -0.05) is 60.8 Å². The summed E-state index contributed by atoms with van der Waals surface area (Å²) in [5.74, 6) is 2.81. The Hall–Kier alpha value is -2.13. The van der Waals surface area contributed by atoms with Gasteiger partial charge in [0.05, 0.1) is 0 Å². The van der Waals surface area contributed by atoms with E-state index in [9.17, 15) is 0 Å². The molecule has 26 heavy (non-hydrogen) atoms. The van der Waals surface area contributed by atoms with E-state index in [1.807, 2.05) is 24.3 Å². The zero-order valence-corrected chi connectivity index (χ0v) is 15.5. The van der Waals surface area contributed by atoms with Crippen LogP contribution in [0, 0.1) is 11.8 Å². The number of rotatable bonds is 2. The molecule has 2 heterocycles. The van der Waals surface area contributed by atoms with Gasteiger partial charge in [-0.05, 0) is 36.8 Å². The minimum Gasteiger partial charge on any atom is -0.354 e. The fourth-order valence-corrected chi connectivity index (χ4v) is 4.89. The number of benzene rings is 2. The number of halogens is 1. The van der Waals surface area contributed by atoms with Crippen molar-refractivity contribution in [3.8, 4) is 11.3 Å². The van der Waals surface area contributed by atoms with Gasteiger partial charge in [-0.25, -0.2) is 0 Å². The van der Waals surface area contributed by atoms with Gasteiger partial charge < -0.3 is 4.90 Å². The highest BCUT2D eigenvalue weighted by molar-refractivity contribution is 6.30. The van der Waals surface area contributed by atoms with Gasteiger partial charge >= 0.3 is 0 Å². The summed E-state index contributed by atoms with van der Waals surface area (Å²) >= 11 is 6.05. The van der Waals surface area contributed by atoms with Crippen LogP contribution in [0.5, 0.6) is 0 Å². The van der Waals surface area contributed by atoms with Crippen LogP contribution >= 0.6 is 11.6 Å². The number of fused-ring (bicyclic) bond motifs is 2. The molecule has 0 N–H and O–H groups in total. The van der Waals surface area contributed by atoms with Crippen LogP contribution in [-0.4, -0.2) is 23.3 Å². The van der Waals surface area contributed by atoms with E-state index >= 15 is 0 Å². The van der Waals surface area contributed by atoms with E-state index in [4.69, 9.17) is 11.6 Å². The Balaban J connectivity index is 1.58. The van der Waals surface area contributed by atoms with E-state index in [1.54, 1.807) is 0 Å². The van der Waals surface area contributed by atoms with Crippen LogP contribution in [0.4, 0.5) is 5.82 Å². The third kappa shape index (κ3) is 2.75. The molecule has 3 nitrogen and oxygen atoms in total. The van der Waals surface area contributed by atoms with Crippen LogP contribution in [0.25, 0.3) is 22.0 Å². The number of hydrogen-bond acceptors (Lipinski definition) is 3. The number of anilines is 1. The maximum atomic E-state index is 6.05. The van der Waals surface area contributed by atoms with Crippen LogP contribution in [0.1, 0.15) is 25.7 Å². The molecule has 0 spiro atoms. The molecular weight excluding hydrogens is 342 g/mol. The first-order valence-electron chi connectivity index (χ1n) is 9.56. The molecule has 1 aromatic heterocycles. The first-order chi connectivity index (χ1) is 12.8. The van der Waals surface area contributed by atoms with Crippen LogP contribution in [0.2, 0.25) is 5.02 Å². The first kappa shape index (κ1) is 16.1. The van der Waals surface area contributed by atoms with E-state index in [-0.39, 0.29) is 0 Å². The van der Waals surface area contributed by atoms with Crippen molar-refractivity contribution in [2.75, 3.05) is 18.0 Å². The van der Waals surface area contributed by atoms with Crippen LogP contribution in [-0.2, 0) is 0 Å². The predicted octanol–water partition coefficient (Wildman–Crippen LogP) is 5.58. The average molecular weight is 364 g/mol. The third-order valence-corrected chi connectivity index (χ3v) is 6.38. The van der Waals surface area contributed by atoms with Crippen molar-refractivity contribution in [1.82, 2.24) is 10.2 Å². The Morgan fingerprint density at radius 1 is 0.846 bits per heavy atom. The second-order valence-corrected chi connectivity index (χ2v) is 8.05. The van der Waals surface area contributed by atoms with E-state index in [0.29, 0.717) is 0 Å². The molecule has 2 unspecified atom stereocenters. The van der Waals surface area contributed by atoms with Gasteiger partial charge in [0.1, 0.15) is 5.69 Å². The maximum Gasteiger partial charge on any atom is 0.159 e. The lowest BCUT2D eigenvalue weighted by atomic mass is 9.88. The van der Waals surface area contributed by atoms with Crippen molar-refractivity contribution in [2.24, 2.45) is 11.8 Å². The van der Waals surface area contributed by atoms with Gasteiger partial charge in [-0.15, -0.1) is 10.2 Å². The average Bonchev–Trinajstić information content (AvgIpc) is 3.16. The first-order valence-corrected chi connectivity index (χ1v) is 9.94. The molecule has 4 heteroatoms.